The van der Waals surface area contributed by atoms with Crippen LogP contribution in [0.15, 0.2) is 54.6 Å². The molecule has 0 aromatic heterocycles. The van der Waals surface area contributed by atoms with Crippen LogP contribution in [0.25, 0.3) is 11.1 Å². The summed E-state index contributed by atoms with van der Waals surface area (Å²) in [6, 6.07) is 16.9. The van der Waals surface area contributed by atoms with Crippen molar-refractivity contribution in [1.29, 1.82) is 0 Å². The number of rotatable bonds is 3. The Morgan fingerprint density at radius 3 is 1.90 bits per heavy atom. The molecule has 0 atom stereocenters. The zero-order valence-electron chi connectivity index (χ0n) is 12.0. The average molecular weight is 286 g/mol. The normalized spacial score (nSPS) is 9.10. The van der Waals surface area contributed by atoms with Gasteiger partial charge in [-0.1, -0.05) is 42.5 Å². The van der Waals surface area contributed by atoms with Crippen LogP contribution in [0.3, 0.4) is 0 Å². The van der Waals surface area contributed by atoms with Gasteiger partial charge in [-0.3, -0.25) is 14.8 Å². The van der Waals surface area contributed by atoms with Gasteiger partial charge in [0.2, 0.25) is 6.41 Å². The summed E-state index contributed by atoms with van der Waals surface area (Å²) < 4.78 is 0. The molecule has 0 radical (unpaired) electrons. The Hall–Kier alpha value is -2.66. The molecule has 0 spiro atoms. The Morgan fingerprint density at radius 2 is 1.48 bits per heavy atom. The molecule has 5 nitrogen and oxygen atoms in total. The van der Waals surface area contributed by atoms with Gasteiger partial charge in [0.1, 0.15) is 0 Å². The zero-order chi connectivity index (χ0) is 15.7. The maximum Gasteiger partial charge on any atom is 0.274 e. The van der Waals surface area contributed by atoms with E-state index in [2.05, 4.69) is 0 Å². The molecule has 2 aromatic carbocycles. The molecular weight excluding hydrogens is 268 g/mol. The predicted octanol–water partition coefficient (Wildman–Crippen LogP) is 2.18. The number of hydrogen-bond acceptors (Lipinski definition) is 3. The van der Waals surface area contributed by atoms with Gasteiger partial charge < -0.3 is 4.90 Å². The number of hydroxylamine groups is 1. The van der Waals surface area contributed by atoms with Gasteiger partial charge in [-0.15, -0.1) is 0 Å². The van der Waals surface area contributed by atoms with Crippen molar-refractivity contribution >= 4 is 12.3 Å². The SMILES string of the molecule is CN(C)C=O.O=C(NO)c1ccc(-c2ccccc2)cc1. The number of hydrogen-bond donors (Lipinski definition) is 2. The van der Waals surface area contributed by atoms with Gasteiger partial charge in [0.05, 0.1) is 0 Å². The molecule has 0 aliphatic rings. The van der Waals surface area contributed by atoms with Gasteiger partial charge in [0.15, 0.2) is 0 Å². The Labute approximate surface area is 123 Å². The summed E-state index contributed by atoms with van der Waals surface area (Å²) in [6.07, 6.45) is 0.750. The van der Waals surface area contributed by atoms with E-state index < -0.39 is 5.91 Å². The fraction of sp³-hybridized carbons (Fsp3) is 0.125. The lowest BCUT2D eigenvalue weighted by Crippen LogP contribution is -2.18. The average Bonchev–Trinajstić information content (AvgIpc) is 2.55. The summed E-state index contributed by atoms with van der Waals surface area (Å²) in [5.41, 5.74) is 4.17. The largest absolute Gasteiger partial charge is 0.351 e. The van der Waals surface area contributed by atoms with Gasteiger partial charge in [0.25, 0.3) is 5.91 Å². The number of benzene rings is 2. The van der Waals surface area contributed by atoms with Gasteiger partial charge >= 0.3 is 0 Å². The van der Waals surface area contributed by atoms with Crippen LogP contribution in [0.5, 0.6) is 0 Å². The topological polar surface area (TPSA) is 69.6 Å². The van der Waals surface area contributed by atoms with E-state index in [-0.39, 0.29) is 0 Å². The zero-order valence-corrected chi connectivity index (χ0v) is 12.0. The highest BCUT2D eigenvalue weighted by molar-refractivity contribution is 5.93. The first-order valence-electron chi connectivity index (χ1n) is 6.30. The summed E-state index contributed by atoms with van der Waals surface area (Å²) in [7, 11) is 3.38. The second-order valence-corrected chi connectivity index (χ2v) is 4.45. The van der Waals surface area contributed by atoms with E-state index in [1.807, 2.05) is 42.5 Å². The third kappa shape index (κ3) is 5.46. The number of amides is 2. The summed E-state index contributed by atoms with van der Waals surface area (Å²) >= 11 is 0. The summed E-state index contributed by atoms with van der Waals surface area (Å²) in [4.78, 5) is 22.0. The Kier molecular flexibility index (Phi) is 6.63. The second-order valence-electron chi connectivity index (χ2n) is 4.45. The number of carbonyl (C=O) groups excluding carboxylic acids is 2. The van der Waals surface area contributed by atoms with Gasteiger partial charge in [-0.2, -0.15) is 0 Å². The minimum Gasteiger partial charge on any atom is -0.351 e. The molecule has 5 heteroatoms. The van der Waals surface area contributed by atoms with Crippen molar-refractivity contribution in [3.8, 4) is 11.1 Å². The van der Waals surface area contributed by atoms with Crippen molar-refractivity contribution in [2.75, 3.05) is 14.1 Å². The molecule has 2 N–H and O–H groups in total. The van der Waals surface area contributed by atoms with Crippen LogP contribution in [0.4, 0.5) is 0 Å². The predicted molar refractivity (Wildman–Crippen MR) is 80.9 cm³/mol. The fourth-order valence-electron chi connectivity index (χ4n) is 1.51. The number of nitrogens with one attached hydrogen (secondary N) is 1. The first-order valence-corrected chi connectivity index (χ1v) is 6.30. The Bertz CT molecular complexity index is 566. The van der Waals surface area contributed by atoms with Gasteiger partial charge in [0, 0.05) is 19.7 Å². The Morgan fingerprint density at radius 1 is 1.00 bits per heavy atom. The molecule has 2 rings (SSSR count). The van der Waals surface area contributed by atoms with Crippen molar-refractivity contribution in [1.82, 2.24) is 10.4 Å². The lowest BCUT2D eigenvalue weighted by Gasteiger charge is -2.02. The van der Waals surface area contributed by atoms with Crippen LogP contribution in [0.2, 0.25) is 0 Å². The quantitative estimate of drug-likeness (QED) is 0.516. The molecule has 0 bridgehead atoms. The molecule has 21 heavy (non-hydrogen) atoms. The van der Waals surface area contributed by atoms with E-state index in [9.17, 15) is 9.59 Å². The molecule has 0 saturated heterocycles. The maximum absolute atomic E-state index is 11.1. The minimum absolute atomic E-state index is 0.433. The standard InChI is InChI=1S/C13H11NO2.C3H7NO/c15-13(14-16)12-8-6-11(7-9-12)10-4-2-1-3-5-10;1-4(2)3-5/h1-9,16H,(H,14,15);3H,1-2H3. The molecule has 0 unspecified atom stereocenters. The highest BCUT2D eigenvalue weighted by atomic mass is 16.5. The molecule has 0 saturated carbocycles. The van der Waals surface area contributed by atoms with Crippen molar-refractivity contribution in [2.24, 2.45) is 0 Å². The highest BCUT2D eigenvalue weighted by Gasteiger charge is 2.03. The lowest BCUT2D eigenvalue weighted by atomic mass is 10.0. The van der Waals surface area contributed by atoms with E-state index in [1.54, 1.807) is 31.7 Å². The van der Waals surface area contributed by atoms with Gasteiger partial charge in [-0.05, 0) is 23.3 Å². The van der Waals surface area contributed by atoms with Crippen molar-refractivity contribution in [2.45, 2.75) is 0 Å². The molecule has 110 valence electrons. The van der Waals surface area contributed by atoms with E-state index in [0.717, 1.165) is 17.5 Å². The van der Waals surface area contributed by atoms with E-state index >= 15 is 0 Å². The summed E-state index contributed by atoms with van der Waals surface area (Å²) in [5.74, 6) is -0.500. The van der Waals surface area contributed by atoms with Crippen LogP contribution in [0, 0.1) is 0 Å². The summed E-state index contributed by atoms with van der Waals surface area (Å²) in [6.45, 7) is 0. The molecule has 0 heterocycles. The molecule has 2 aromatic rings. The highest BCUT2D eigenvalue weighted by Crippen LogP contribution is 2.18. The minimum atomic E-state index is -0.500. The fourth-order valence-corrected chi connectivity index (χ4v) is 1.51. The monoisotopic (exact) mass is 286 g/mol. The van der Waals surface area contributed by atoms with Crippen LogP contribution in [-0.2, 0) is 4.79 Å². The maximum atomic E-state index is 11.1. The van der Waals surface area contributed by atoms with Gasteiger partial charge in [-0.25, -0.2) is 5.48 Å². The molecule has 0 aliphatic heterocycles. The first kappa shape index (κ1) is 16.4. The molecule has 0 aliphatic carbocycles. The first-order chi connectivity index (χ1) is 10.1. The molecular formula is C16H18N2O3. The van der Waals surface area contributed by atoms with Crippen molar-refractivity contribution in [3.63, 3.8) is 0 Å². The lowest BCUT2D eigenvalue weighted by molar-refractivity contribution is -0.115. The van der Waals surface area contributed by atoms with Crippen molar-refractivity contribution < 1.29 is 14.8 Å². The Balaban J connectivity index is 0.000000383. The second kappa shape index (κ2) is 8.50. The van der Waals surface area contributed by atoms with Crippen LogP contribution < -0.4 is 5.48 Å². The number of carbonyl (C=O) groups is 2. The molecule has 0 fully saturated rings. The van der Waals surface area contributed by atoms with E-state index in [4.69, 9.17) is 5.21 Å². The smallest absolute Gasteiger partial charge is 0.274 e. The van der Waals surface area contributed by atoms with Crippen LogP contribution in [0.1, 0.15) is 10.4 Å². The summed E-state index contributed by atoms with van der Waals surface area (Å²) in [5, 5.41) is 8.48. The van der Waals surface area contributed by atoms with Crippen LogP contribution in [-0.4, -0.2) is 36.5 Å². The van der Waals surface area contributed by atoms with Crippen molar-refractivity contribution in [3.05, 3.63) is 60.2 Å². The van der Waals surface area contributed by atoms with Crippen LogP contribution >= 0.6 is 0 Å². The molecule has 2 amide bonds. The van der Waals surface area contributed by atoms with E-state index in [0.29, 0.717) is 5.56 Å². The third-order valence-electron chi connectivity index (χ3n) is 2.57. The van der Waals surface area contributed by atoms with E-state index in [1.165, 1.54) is 4.90 Å². The third-order valence-corrected chi connectivity index (χ3v) is 2.57. The number of nitrogens with zero attached hydrogens (tertiary/aromatic N) is 1.